The van der Waals surface area contributed by atoms with Gasteiger partial charge in [-0.15, -0.1) is 0 Å². The van der Waals surface area contributed by atoms with E-state index >= 15 is 0 Å². The normalized spacial score (nSPS) is 36.0. The topological polar surface area (TPSA) is 208 Å². The smallest absolute Gasteiger partial charge is 0.331 e. The number of carbonyl (C=O) groups is 1. The Kier molecular flexibility index (Phi) is 24.5. The van der Waals surface area contributed by atoms with Crippen molar-refractivity contribution in [3.8, 4) is 0 Å². The lowest BCUT2D eigenvalue weighted by molar-refractivity contribution is -0.147. The molecule has 9 N–H and O–H groups in total. The van der Waals surface area contributed by atoms with Gasteiger partial charge < -0.3 is 50.7 Å². The highest BCUT2D eigenvalue weighted by Gasteiger charge is 2.27. The van der Waals surface area contributed by atoms with Crippen molar-refractivity contribution in [1.82, 2.24) is 0 Å². The van der Waals surface area contributed by atoms with Crippen molar-refractivity contribution >= 4 is 5.97 Å². The highest BCUT2D eigenvalue weighted by atomic mass is 16.5. The van der Waals surface area contributed by atoms with E-state index in [0.29, 0.717) is 0 Å². The van der Waals surface area contributed by atoms with Crippen LogP contribution in [-0.2, 0) is 9.53 Å². The SMILES string of the molecule is CC[C@H](C)[C@@H]1OC(=O)C=CC=CC=CC=CC=CC=CC[C@H](O)[C@H](C)[C@H](O)C[C@H](O)C[C@H](O)C[C@@H](O)C[C@H](O)C[C@@H](O)C[C@@H](O)C[C@@H](O)C=C[C@@H]1C. The van der Waals surface area contributed by atoms with Crippen molar-refractivity contribution in [3.05, 3.63) is 85.1 Å². The van der Waals surface area contributed by atoms with Gasteiger partial charge in [0.05, 0.1) is 54.9 Å². The third-order valence-electron chi connectivity index (χ3n) is 9.32. The quantitative estimate of drug-likeness (QED) is 0.148. The third kappa shape index (κ3) is 21.7. The molecule has 0 bridgehead atoms. The van der Waals surface area contributed by atoms with Crippen LogP contribution in [0.25, 0.3) is 0 Å². The summed E-state index contributed by atoms with van der Waals surface area (Å²) in [6.45, 7) is 7.53. The number of cyclic esters (lactones) is 1. The molecule has 11 heteroatoms. The highest BCUT2D eigenvalue weighted by molar-refractivity contribution is 5.82. The first-order chi connectivity index (χ1) is 24.6. The Morgan fingerprint density at radius 2 is 1.02 bits per heavy atom. The molecule has 0 unspecified atom stereocenters. The second kappa shape index (κ2) is 27.0. The van der Waals surface area contributed by atoms with Crippen LogP contribution < -0.4 is 0 Å². The fraction of sp³-hybridized carbons (Fsp3) is 0.634. The monoisotopic (exact) mass is 734 g/mol. The molecule has 0 radical (unpaired) electrons. The molecule has 0 aromatic carbocycles. The number of aliphatic hydroxyl groups is 9. The zero-order valence-electron chi connectivity index (χ0n) is 31.3. The molecule has 0 fully saturated rings. The summed E-state index contributed by atoms with van der Waals surface area (Å²) in [5.74, 6) is -1.24. The van der Waals surface area contributed by atoms with Crippen molar-refractivity contribution in [2.45, 2.75) is 147 Å². The lowest BCUT2D eigenvalue weighted by atomic mass is 9.90. The van der Waals surface area contributed by atoms with E-state index in [1.165, 1.54) is 12.2 Å². The van der Waals surface area contributed by atoms with Crippen LogP contribution in [0.1, 0.15) is 85.5 Å². The van der Waals surface area contributed by atoms with Crippen molar-refractivity contribution in [2.24, 2.45) is 17.8 Å². The van der Waals surface area contributed by atoms with Crippen LogP contribution in [0, 0.1) is 17.8 Å². The van der Waals surface area contributed by atoms with Gasteiger partial charge in [-0.05, 0) is 50.9 Å². The predicted octanol–water partition coefficient (Wildman–Crippen LogP) is 3.49. The number of rotatable bonds is 2. The summed E-state index contributed by atoms with van der Waals surface area (Å²) in [4.78, 5) is 12.6. The lowest BCUT2D eigenvalue weighted by Crippen LogP contribution is -2.34. The molecule has 0 saturated carbocycles. The van der Waals surface area contributed by atoms with E-state index in [4.69, 9.17) is 4.74 Å². The minimum Gasteiger partial charge on any atom is -0.458 e. The van der Waals surface area contributed by atoms with Gasteiger partial charge in [-0.3, -0.25) is 0 Å². The van der Waals surface area contributed by atoms with Crippen molar-refractivity contribution in [3.63, 3.8) is 0 Å². The lowest BCUT2D eigenvalue weighted by Gasteiger charge is -2.27. The Labute approximate surface area is 310 Å². The molecule has 0 saturated heterocycles. The minimum absolute atomic E-state index is 0.0413. The van der Waals surface area contributed by atoms with Crippen LogP contribution in [0.4, 0.5) is 0 Å². The molecule has 0 aromatic rings. The van der Waals surface area contributed by atoms with E-state index in [9.17, 15) is 50.8 Å². The molecule has 0 amide bonds. The zero-order chi connectivity index (χ0) is 39.1. The van der Waals surface area contributed by atoms with Gasteiger partial charge in [-0.2, -0.15) is 0 Å². The maximum atomic E-state index is 12.6. The molecule has 1 aliphatic rings. The molecular weight excluding hydrogens is 668 g/mol. The van der Waals surface area contributed by atoms with E-state index < -0.39 is 72.9 Å². The van der Waals surface area contributed by atoms with Crippen molar-refractivity contribution < 1.29 is 55.5 Å². The van der Waals surface area contributed by atoms with E-state index in [0.717, 1.165) is 6.42 Å². The summed E-state index contributed by atoms with van der Waals surface area (Å²) in [7, 11) is 0. The summed E-state index contributed by atoms with van der Waals surface area (Å²) in [5.41, 5.74) is 0. The molecule has 0 aromatic heterocycles. The highest BCUT2D eigenvalue weighted by Crippen LogP contribution is 2.23. The molecule has 13 atom stereocenters. The fourth-order valence-electron chi connectivity index (χ4n) is 5.97. The zero-order valence-corrected chi connectivity index (χ0v) is 31.3. The van der Waals surface area contributed by atoms with Crippen LogP contribution in [0.15, 0.2) is 85.1 Å². The van der Waals surface area contributed by atoms with Crippen LogP contribution in [0.2, 0.25) is 0 Å². The first kappa shape index (κ1) is 47.3. The number of hydrogen-bond acceptors (Lipinski definition) is 11. The largest absolute Gasteiger partial charge is 0.458 e. The third-order valence-corrected chi connectivity index (χ3v) is 9.32. The van der Waals surface area contributed by atoms with Crippen LogP contribution in [0.3, 0.4) is 0 Å². The standard InChI is InChI=1S/C41H66O11/c1-5-28(2)41-29(3)19-20-31(42)21-32(43)22-33(44)23-34(45)24-35(46)25-36(47)26-37(48)27-39(50)30(4)38(49)17-15-13-11-9-7-6-8-10-12-14-16-18-40(51)52-41/h6-16,18-20,28-39,41-50H,5,17,21-27H2,1-4H3/t28-,29-,30-,31-,32-,33-,34+,35-,36+,37+,38-,39+,41-/m0/s1. The second-order valence-electron chi connectivity index (χ2n) is 14.2. The molecule has 0 spiro atoms. The minimum atomic E-state index is -1.13. The van der Waals surface area contributed by atoms with Crippen molar-refractivity contribution in [2.75, 3.05) is 0 Å². The van der Waals surface area contributed by atoms with Gasteiger partial charge in [-0.25, -0.2) is 4.79 Å². The van der Waals surface area contributed by atoms with E-state index in [2.05, 4.69) is 0 Å². The first-order valence-electron chi connectivity index (χ1n) is 18.6. The second-order valence-corrected chi connectivity index (χ2v) is 14.2. The van der Waals surface area contributed by atoms with Crippen LogP contribution in [0.5, 0.6) is 0 Å². The number of carbonyl (C=O) groups excluding carboxylic acids is 1. The fourth-order valence-corrected chi connectivity index (χ4v) is 5.97. The maximum absolute atomic E-state index is 12.6. The molecule has 0 aliphatic carbocycles. The van der Waals surface area contributed by atoms with Gasteiger partial charge in [0.2, 0.25) is 0 Å². The Morgan fingerprint density at radius 3 is 1.50 bits per heavy atom. The Hall–Kier alpha value is -2.71. The molecule has 1 aliphatic heterocycles. The molecular formula is C41H66O11. The van der Waals surface area contributed by atoms with Gasteiger partial charge in [0.25, 0.3) is 0 Å². The Bertz CT molecular complexity index is 1180. The summed E-state index contributed by atoms with van der Waals surface area (Å²) in [6, 6.07) is 0. The van der Waals surface area contributed by atoms with Gasteiger partial charge in [0.15, 0.2) is 0 Å². The Morgan fingerprint density at radius 1 is 0.596 bits per heavy atom. The number of allylic oxidation sites excluding steroid dienone is 10. The van der Waals surface area contributed by atoms with Gasteiger partial charge in [-0.1, -0.05) is 113 Å². The summed E-state index contributed by atoms with van der Waals surface area (Å²) >= 11 is 0. The van der Waals surface area contributed by atoms with Crippen LogP contribution >= 0.6 is 0 Å². The number of hydrogen-bond donors (Lipinski definition) is 9. The molecule has 1 heterocycles. The molecule has 1 rings (SSSR count). The average molecular weight is 735 g/mol. The maximum Gasteiger partial charge on any atom is 0.331 e. The number of esters is 1. The average Bonchev–Trinajstić information content (AvgIpc) is 3.06. The molecule has 11 nitrogen and oxygen atoms in total. The molecule has 52 heavy (non-hydrogen) atoms. The Balaban J connectivity index is 3.01. The summed E-state index contributed by atoms with van der Waals surface area (Å²) < 4.78 is 5.76. The van der Waals surface area contributed by atoms with Crippen molar-refractivity contribution in [1.29, 1.82) is 0 Å². The summed E-state index contributed by atoms with van der Waals surface area (Å²) in [6.07, 6.45) is 14.3. The first-order valence-corrected chi connectivity index (χ1v) is 18.6. The predicted molar refractivity (Wildman–Crippen MR) is 203 cm³/mol. The van der Waals surface area contributed by atoms with Crippen LogP contribution in [-0.4, -0.2) is 113 Å². The number of ether oxygens (including phenoxy) is 1. The van der Waals surface area contributed by atoms with E-state index in [1.807, 2.05) is 45.1 Å². The van der Waals surface area contributed by atoms with E-state index in [1.54, 1.807) is 55.5 Å². The molecule has 296 valence electrons. The van der Waals surface area contributed by atoms with Gasteiger partial charge >= 0.3 is 5.97 Å². The van der Waals surface area contributed by atoms with Gasteiger partial charge in [0.1, 0.15) is 6.10 Å². The van der Waals surface area contributed by atoms with Gasteiger partial charge in [0, 0.05) is 24.3 Å². The number of aliphatic hydroxyl groups excluding tert-OH is 9. The van der Waals surface area contributed by atoms with E-state index in [-0.39, 0.29) is 63.2 Å². The summed E-state index contributed by atoms with van der Waals surface area (Å²) in [5, 5.41) is 94.1.